The first-order valence-corrected chi connectivity index (χ1v) is 15.8. The standard InChI is InChI=1S/C17H23NO4.C13H19NO.C4H5ClO3.ClH/c1-14(19)22-13-17(20)18-9-7-16(8-10-18)12-21-11-15-5-3-2-4-6-15;1-2-4-12(5-3-1)10-15-11-13-6-8-14-9-7-13;1-3(6)8-2-4(5)7;/h2-6,16H,7-13H2,1H3;1-5,13-14H,6-11H2;2H2,1H3;1H. The first-order chi connectivity index (χ1) is 21.7. The molecule has 0 bridgehead atoms. The van der Waals surface area contributed by atoms with Gasteiger partial charge in [0.05, 0.1) is 13.2 Å². The van der Waals surface area contributed by atoms with Gasteiger partial charge in [0, 0.05) is 40.2 Å². The molecule has 2 aliphatic heterocycles. The number of halogens is 2. The van der Waals surface area contributed by atoms with Crippen LogP contribution in [-0.2, 0) is 51.3 Å². The molecular weight excluding hydrogens is 635 g/mol. The number of piperidine rings is 2. The third-order valence-electron chi connectivity index (χ3n) is 7.14. The van der Waals surface area contributed by atoms with Crippen molar-refractivity contribution < 1.29 is 38.1 Å². The van der Waals surface area contributed by atoms with Gasteiger partial charge in [0.25, 0.3) is 11.1 Å². The van der Waals surface area contributed by atoms with E-state index in [-0.39, 0.29) is 31.5 Å². The van der Waals surface area contributed by atoms with Crippen LogP contribution in [-0.4, -0.2) is 80.6 Å². The summed E-state index contributed by atoms with van der Waals surface area (Å²) in [5.74, 6) is 0.215. The van der Waals surface area contributed by atoms with Crippen molar-refractivity contribution in [1.29, 1.82) is 0 Å². The van der Waals surface area contributed by atoms with Gasteiger partial charge in [-0.2, -0.15) is 0 Å². The molecule has 2 saturated heterocycles. The number of carbonyl (C=O) groups is 4. The molecule has 1 amide bonds. The van der Waals surface area contributed by atoms with Crippen molar-refractivity contribution in [3.8, 4) is 0 Å². The number of amides is 1. The summed E-state index contributed by atoms with van der Waals surface area (Å²) in [4.78, 5) is 44.0. The van der Waals surface area contributed by atoms with Gasteiger partial charge < -0.3 is 29.2 Å². The van der Waals surface area contributed by atoms with E-state index in [0.717, 1.165) is 51.7 Å². The maximum atomic E-state index is 11.8. The van der Waals surface area contributed by atoms with E-state index in [4.69, 9.17) is 25.8 Å². The second-order valence-corrected chi connectivity index (χ2v) is 11.4. The van der Waals surface area contributed by atoms with E-state index in [2.05, 4.69) is 46.5 Å². The molecule has 0 aromatic heterocycles. The molecule has 2 aliphatic rings. The number of ether oxygens (including phenoxy) is 4. The van der Waals surface area contributed by atoms with E-state index in [1.807, 2.05) is 24.3 Å². The number of carbonyl (C=O) groups excluding carboxylic acids is 4. The Morgan fingerprint density at radius 1 is 0.717 bits per heavy atom. The van der Waals surface area contributed by atoms with Crippen molar-refractivity contribution in [2.24, 2.45) is 11.8 Å². The quantitative estimate of drug-likeness (QED) is 0.245. The first-order valence-electron chi connectivity index (χ1n) is 15.4. The number of nitrogens with one attached hydrogen (secondary N) is 1. The van der Waals surface area contributed by atoms with Gasteiger partial charge >= 0.3 is 11.9 Å². The minimum atomic E-state index is -0.666. The molecule has 2 aromatic rings. The van der Waals surface area contributed by atoms with Gasteiger partial charge in [0.15, 0.2) is 13.2 Å². The number of hydrogen-bond donors (Lipinski definition) is 1. The second-order valence-electron chi connectivity index (χ2n) is 10.9. The highest BCUT2D eigenvalue weighted by atomic mass is 35.5. The molecule has 2 fully saturated rings. The SMILES string of the molecule is CC(=O)OCC(=O)Cl.CC(=O)OCC(=O)N1CCC(COCc2ccccc2)CC1.Cl.c1ccc(COCC2CCNCC2)cc1. The Kier molecular flexibility index (Phi) is 22.4. The smallest absolute Gasteiger partial charge is 0.303 e. The number of hydrogen-bond acceptors (Lipinski definition) is 9. The van der Waals surface area contributed by atoms with Crippen LogP contribution in [0.15, 0.2) is 60.7 Å². The lowest BCUT2D eigenvalue weighted by Crippen LogP contribution is -2.41. The molecule has 0 radical (unpaired) electrons. The minimum absolute atomic E-state index is 0. The highest BCUT2D eigenvalue weighted by Gasteiger charge is 2.23. The predicted molar refractivity (Wildman–Crippen MR) is 178 cm³/mol. The van der Waals surface area contributed by atoms with Crippen LogP contribution in [0.5, 0.6) is 0 Å². The largest absolute Gasteiger partial charge is 0.456 e. The summed E-state index contributed by atoms with van der Waals surface area (Å²) in [6.45, 7) is 8.77. The van der Waals surface area contributed by atoms with E-state index in [9.17, 15) is 19.2 Å². The zero-order valence-electron chi connectivity index (χ0n) is 26.8. The van der Waals surface area contributed by atoms with Crippen LogP contribution in [0.3, 0.4) is 0 Å². The van der Waals surface area contributed by atoms with Crippen LogP contribution in [0.4, 0.5) is 0 Å². The number of esters is 2. The summed E-state index contributed by atoms with van der Waals surface area (Å²) in [5.41, 5.74) is 2.45. The van der Waals surface area contributed by atoms with E-state index in [0.29, 0.717) is 25.6 Å². The molecule has 12 heteroatoms. The molecule has 0 unspecified atom stereocenters. The Hall–Kier alpha value is -3.02. The van der Waals surface area contributed by atoms with Gasteiger partial charge in [-0.25, -0.2) is 0 Å². The number of rotatable bonds is 12. The summed E-state index contributed by atoms with van der Waals surface area (Å²) in [7, 11) is 0. The number of nitrogens with zero attached hydrogens (tertiary/aromatic N) is 1. The third kappa shape index (κ3) is 20.2. The van der Waals surface area contributed by atoms with E-state index in [1.54, 1.807) is 4.90 Å². The summed E-state index contributed by atoms with van der Waals surface area (Å²) in [6, 6.07) is 20.5. The average Bonchev–Trinajstić information content (AvgIpc) is 3.05. The molecule has 0 spiro atoms. The summed E-state index contributed by atoms with van der Waals surface area (Å²) in [5, 5.41) is 2.70. The fourth-order valence-electron chi connectivity index (χ4n) is 4.65. The molecule has 2 aromatic carbocycles. The van der Waals surface area contributed by atoms with Crippen LogP contribution in [0.1, 0.15) is 50.7 Å². The normalized spacial score (nSPS) is 14.7. The fourth-order valence-corrected chi connectivity index (χ4v) is 4.70. The molecule has 1 N–H and O–H groups in total. The molecule has 2 heterocycles. The van der Waals surface area contributed by atoms with Gasteiger partial charge in [-0.1, -0.05) is 60.7 Å². The van der Waals surface area contributed by atoms with Crippen molar-refractivity contribution in [2.75, 3.05) is 52.6 Å². The summed E-state index contributed by atoms with van der Waals surface area (Å²) < 4.78 is 20.4. The van der Waals surface area contributed by atoms with Gasteiger partial charge in [0.1, 0.15) is 0 Å². The van der Waals surface area contributed by atoms with Gasteiger partial charge in [-0.3, -0.25) is 19.2 Å². The van der Waals surface area contributed by atoms with Crippen LogP contribution >= 0.6 is 24.0 Å². The van der Waals surface area contributed by atoms with Crippen molar-refractivity contribution >= 4 is 47.1 Å². The lowest BCUT2D eigenvalue weighted by molar-refractivity contribution is -0.151. The lowest BCUT2D eigenvalue weighted by atomic mass is 9.98. The Morgan fingerprint density at radius 2 is 1.15 bits per heavy atom. The molecule has 4 rings (SSSR count). The highest BCUT2D eigenvalue weighted by molar-refractivity contribution is 6.64. The van der Waals surface area contributed by atoms with Crippen molar-refractivity contribution in [1.82, 2.24) is 10.2 Å². The predicted octanol–water partition coefficient (Wildman–Crippen LogP) is 4.94. The monoisotopic (exact) mass is 682 g/mol. The molecule has 46 heavy (non-hydrogen) atoms. The molecule has 10 nitrogen and oxygen atoms in total. The van der Waals surface area contributed by atoms with E-state index >= 15 is 0 Å². The number of benzene rings is 2. The average molecular weight is 684 g/mol. The Morgan fingerprint density at radius 3 is 1.57 bits per heavy atom. The van der Waals surface area contributed by atoms with Gasteiger partial charge in [-0.15, -0.1) is 12.4 Å². The van der Waals surface area contributed by atoms with Gasteiger partial charge in [0.2, 0.25) is 0 Å². The Balaban J connectivity index is 0.000000381. The second kappa shape index (κ2) is 25.1. The number of likely N-dealkylation sites (tertiary alicyclic amines) is 1. The molecule has 0 aliphatic carbocycles. The minimum Gasteiger partial charge on any atom is -0.456 e. The molecular formula is C34H48Cl2N2O8. The third-order valence-corrected chi connectivity index (χ3v) is 7.25. The topological polar surface area (TPSA) is 120 Å². The molecule has 0 atom stereocenters. The highest BCUT2D eigenvalue weighted by Crippen LogP contribution is 2.18. The van der Waals surface area contributed by atoms with Crippen LogP contribution in [0.25, 0.3) is 0 Å². The van der Waals surface area contributed by atoms with Crippen molar-refractivity contribution in [2.45, 2.75) is 52.7 Å². The summed E-state index contributed by atoms with van der Waals surface area (Å²) >= 11 is 4.81. The zero-order valence-corrected chi connectivity index (χ0v) is 28.4. The lowest BCUT2D eigenvalue weighted by Gasteiger charge is -2.31. The van der Waals surface area contributed by atoms with Crippen LogP contribution in [0.2, 0.25) is 0 Å². The van der Waals surface area contributed by atoms with Crippen molar-refractivity contribution in [3.63, 3.8) is 0 Å². The fraction of sp³-hybridized carbons (Fsp3) is 0.529. The Labute approximate surface area is 283 Å². The summed E-state index contributed by atoms with van der Waals surface area (Å²) in [6.07, 6.45) is 4.38. The zero-order chi connectivity index (χ0) is 32.7. The first kappa shape index (κ1) is 41.0. The van der Waals surface area contributed by atoms with Crippen LogP contribution < -0.4 is 5.32 Å². The van der Waals surface area contributed by atoms with Crippen molar-refractivity contribution in [3.05, 3.63) is 71.8 Å². The Bertz CT molecular complexity index is 1110. The molecule has 0 saturated carbocycles. The van der Waals surface area contributed by atoms with Gasteiger partial charge in [-0.05, 0) is 73.3 Å². The van der Waals surface area contributed by atoms with Crippen LogP contribution in [0, 0.1) is 11.8 Å². The van der Waals surface area contributed by atoms with E-state index in [1.165, 1.54) is 37.8 Å². The van der Waals surface area contributed by atoms with E-state index < -0.39 is 17.2 Å². The molecule has 256 valence electrons. The maximum absolute atomic E-state index is 11.8. The maximum Gasteiger partial charge on any atom is 0.303 e.